The van der Waals surface area contributed by atoms with E-state index in [9.17, 15) is 0 Å². The molecule has 0 aliphatic carbocycles. The van der Waals surface area contributed by atoms with Crippen LogP contribution in [-0.2, 0) is 21.7 Å². The maximum atomic E-state index is 4.94. The van der Waals surface area contributed by atoms with E-state index in [1.165, 1.54) is 22.3 Å². The molecule has 0 bridgehead atoms. The van der Waals surface area contributed by atoms with E-state index >= 15 is 0 Å². The summed E-state index contributed by atoms with van der Waals surface area (Å²) >= 11 is 0. The molecule has 0 amide bonds. The van der Waals surface area contributed by atoms with Gasteiger partial charge in [0.2, 0.25) is 0 Å². The van der Waals surface area contributed by atoms with Gasteiger partial charge >= 0.3 is 21.7 Å². The Labute approximate surface area is 247 Å². The molecule has 0 spiro atoms. The van der Waals surface area contributed by atoms with Crippen molar-refractivity contribution in [2.45, 2.75) is 106 Å². The summed E-state index contributed by atoms with van der Waals surface area (Å²) in [4.78, 5) is 0. The second-order valence-corrected chi connectivity index (χ2v) is 16.1. The van der Waals surface area contributed by atoms with Crippen molar-refractivity contribution in [3.63, 3.8) is 0 Å². The number of benzene rings is 2. The van der Waals surface area contributed by atoms with Crippen LogP contribution in [0.15, 0.2) is 36.4 Å². The Morgan fingerprint density at radius 1 is 0.457 bits per heavy atom. The summed E-state index contributed by atoms with van der Waals surface area (Å²) in [7, 11) is -0.509. The minimum absolute atomic E-state index is 0. The second-order valence-electron chi connectivity index (χ2n) is 10.0. The van der Waals surface area contributed by atoms with E-state index in [0.29, 0.717) is 22.6 Å². The first-order chi connectivity index (χ1) is 14.8. The van der Waals surface area contributed by atoms with Crippen molar-refractivity contribution in [2.75, 3.05) is 0 Å². The zero-order valence-electron chi connectivity index (χ0n) is 23.8. The molecule has 196 valence electrons. The molecule has 0 saturated heterocycles. The fraction of sp³-hybridized carbons (Fsp3) is 0.571. The topological polar surface area (TPSA) is 28.2 Å². The first kappa shape index (κ1) is 39.7. The first-order valence-corrected chi connectivity index (χ1v) is 14.8. The van der Waals surface area contributed by atoms with Gasteiger partial charge in [-0.1, -0.05) is 114 Å². The van der Waals surface area contributed by atoms with Crippen LogP contribution >= 0.6 is 16.1 Å². The van der Waals surface area contributed by atoms with Crippen LogP contribution in [0.25, 0.3) is 10.2 Å². The van der Waals surface area contributed by atoms with Gasteiger partial charge < -0.3 is 35.0 Å². The predicted octanol–water partition coefficient (Wildman–Crippen LogP) is 5.05. The third-order valence-electron chi connectivity index (χ3n) is 4.99. The molecule has 0 atom stereocenters. The van der Waals surface area contributed by atoms with Crippen molar-refractivity contribution in [1.29, 1.82) is 0 Å². The molecule has 0 radical (unpaired) electrons. The van der Waals surface area contributed by atoms with Gasteiger partial charge in [0, 0.05) is 0 Å². The quantitative estimate of drug-likeness (QED) is 0.304. The predicted molar refractivity (Wildman–Crippen MR) is 152 cm³/mol. The van der Waals surface area contributed by atoms with Gasteiger partial charge in [-0.05, 0) is 50.3 Å². The van der Waals surface area contributed by atoms with Gasteiger partial charge in [0.1, 0.15) is 0 Å². The fourth-order valence-corrected chi connectivity index (χ4v) is 8.01. The summed E-state index contributed by atoms with van der Waals surface area (Å²) < 4.78 is 0. The third-order valence-corrected chi connectivity index (χ3v) is 10.1. The van der Waals surface area contributed by atoms with E-state index in [-0.39, 0.29) is 62.7 Å². The molecule has 0 heterocycles. The Morgan fingerprint density at radius 2 is 0.657 bits per heavy atom. The standard InChI is InChI=1S/2C14H23NP.2ClH.Ti/c2*1-10(2)16(11(3)4)15-14-8-12(5)7-13(6)9-14;;;/h2*7-11H,1-6H3;2*1H;/q2*-1;;;+4/p-2. The summed E-state index contributed by atoms with van der Waals surface area (Å²) in [5, 5.41) is 9.89. The summed E-state index contributed by atoms with van der Waals surface area (Å²) in [5.41, 5.74) is 10.2. The van der Waals surface area contributed by atoms with E-state index < -0.39 is 0 Å². The molecule has 35 heavy (non-hydrogen) atoms. The minimum Gasteiger partial charge on any atom is -1.00 e. The van der Waals surface area contributed by atoms with Gasteiger partial charge in [-0.15, -0.1) is 11.4 Å². The van der Waals surface area contributed by atoms with Crippen molar-refractivity contribution >= 4 is 27.5 Å². The van der Waals surface area contributed by atoms with Gasteiger partial charge in [0.15, 0.2) is 0 Å². The van der Waals surface area contributed by atoms with E-state index in [0.717, 1.165) is 11.4 Å². The summed E-state index contributed by atoms with van der Waals surface area (Å²) in [6, 6.07) is 13.2. The van der Waals surface area contributed by atoms with Crippen LogP contribution in [0.4, 0.5) is 11.4 Å². The number of hydrogen-bond acceptors (Lipinski definition) is 0. The molecule has 7 heteroatoms. The molecular formula is C28H46Cl2N2P2Ti. The molecule has 0 aliphatic heterocycles. The molecule has 0 unspecified atom stereocenters. The van der Waals surface area contributed by atoms with E-state index in [1.54, 1.807) is 0 Å². The monoisotopic (exact) mass is 590 g/mol. The average molecular weight is 591 g/mol. The Bertz CT molecular complexity index is 720. The maximum Gasteiger partial charge on any atom is 4.00 e. The third kappa shape index (κ3) is 15.3. The molecule has 0 aromatic heterocycles. The van der Waals surface area contributed by atoms with Crippen LogP contribution in [0.1, 0.15) is 77.6 Å². The Kier molecular flexibility index (Phi) is 21.9. The number of halogens is 2. The summed E-state index contributed by atoms with van der Waals surface area (Å²) in [6.07, 6.45) is 0. The van der Waals surface area contributed by atoms with Gasteiger partial charge in [0.25, 0.3) is 0 Å². The number of hydrogen-bond donors (Lipinski definition) is 0. The minimum atomic E-state index is -0.255. The SMILES string of the molecule is Cc1cc(C)cc([N-]P(C(C)C)C(C)C)c1.Cc1cc(C)cc([N-]P(C(C)C)C(C)C)c1.[Cl-].[Cl-].[Ti+4]. The van der Waals surface area contributed by atoms with E-state index in [2.05, 4.69) is 119 Å². The number of nitrogens with zero attached hydrogens (tertiary/aromatic N) is 2. The van der Waals surface area contributed by atoms with Crippen molar-refractivity contribution in [2.24, 2.45) is 0 Å². The zero-order chi connectivity index (χ0) is 24.6. The Morgan fingerprint density at radius 3 is 0.829 bits per heavy atom. The molecule has 2 nitrogen and oxygen atoms in total. The van der Waals surface area contributed by atoms with Gasteiger partial charge in [0.05, 0.1) is 0 Å². The van der Waals surface area contributed by atoms with E-state index in [4.69, 9.17) is 10.2 Å². The van der Waals surface area contributed by atoms with Crippen LogP contribution in [0.2, 0.25) is 0 Å². The molecule has 2 aromatic carbocycles. The van der Waals surface area contributed by atoms with E-state index in [1.807, 2.05) is 0 Å². The van der Waals surface area contributed by atoms with Gasteiger partial charge in [-0.2, -0.15) is 16.1 Å². The van der Waals surface area contributed by atoms with Crippen molar-refractivity contribution in [3.8, 4) is 0 Å². The largest absolute Gasteiger partial charge is 4.00 e. The molecule has 0 N–H and O–H groups in total. The van der Waals surface area contributed by atoms with Gasteiger partial charge in [-0.25, -0.2) is 0 Å². The number of rotatable bonds is 8. The summed E-state index contributed by atoms with van der Waals surface area (Å²) in [6.45, 7) is 26.8. The maximum absolute atomic E-state index is 4.94. The molecule has 0 saturated carbocycles. The number of aryl methyl sites for hydroxylation is 4. The zero-order valence-corrected chi connectivity index (χ0v) is 28.7. The van der Waals surface area contributed by atoms with Crippen LogP contribution in [0, 0.1) is 27.7 Å². The molecule has 2 aromatic rings. The van der Waals surface area contributed by atoms with Crippen molar-refractivity contribution in [1.82, 2.24) is 0 Å². The van der Waals surface area contributed by atoms with Crippen LogP contribution in [0.3, 0.4) is 0 Å². The molecule has 0 fully saturated rings. The average Bonchev–Trinajstić information content (AvgIpc) is 2.62. The molecular weight excluding hydrogens is 545 g/mol. The van der Waals surface area contributed by atoms with Crippen LogP contribution < -0.4 is 24.8 Å². The molecule has 0 aliphatic rings. The van der Waals surface area contributed by atoms with Crippen molar-refractivity contribution in [3.05, 3.63) is 68.8 Å². The Balaban J connectivity index is -0.000000539. The van der Waals surface area contributed by atoms with Crippen LogP contribution in [-0.4, -0.2) is 22.6 Å². The smallest absolute Gasteiger partial charge is 1.00 e. The first-order valence-electron chi connectivity index (χ1n) is 12.0. The van der Waals surface area contributed by atoms with Crippen LogP contribution in [0.5, 0.6) is 0 Å². The molecule has 2 rings (SSSR count). The fourth-order valence-electron chi connectivity index (χ4n) is 3.94. The van der Waals surface area contributed by atoms with Crippen molar-refractivity contribution < 1.29 is 46.5 Å². The normalized spacial score (nSPS) is 10.6. The van der Waals surface area contributed by atoms with Gasteiger partial charge in [-0.3, -0.25) is 0 Å². The summed E-state index contributed by atoms with van der Waals surface area (Å²) in [5.74, 6) is 0. The second kappa shape index (κ2) is 19.3. The Hall–Kier alpha value is 0.194.